The van der Waals surface area contributed by atoms with Gasteiger partial charge in [-0.25, -0.2) is 14.8 Å². The van der Waals surface area contributed by atoms with Gasteiger partial charge in [0.1, 0.15) is 6.61 Å². The summed E-state index contributed by atoms with van der Waals surface area (Å²) in [6.45, 7) is 3.65. The predicted molar refractivity (Wildman–Crippen MR) is 110 cm³/mol. The van der Waals surface area contributed by atoms with E-state index in [1.54, 1.807) is 30.3 Å². The van der Waals surface area contributed by atoms with E-state index in [9.17, 15) is 14.9 Å². The normalized spacial score (nSPS) is 10.6. The molecule has 148 valence electrons. The number of carbonyl (C=O) groups is 1. The maximum Gasteiger partial charge on any atom is 0.338 e. The van der Waals surface area contributed by atoms with Gasteiger partial charge < -0.3 is 4.74 Å². The van der Waals surface area contributed by atoms with Crippen molar-refractivity contribution >= 4 is 23.4 Å². The van der Waals surface area contributed by atoms with Gasteiger partial charge in [-0.3, -0.25) is 10.1 Å². The maximum absolute atomic E-state index is 12.6. The summed E-state index contributed by atoms with van der Waals surface area (Å²) in [5.74, 6) is -0.0275. The highest BCUT2D eigenvalue weighted by molar-refractivity contribution is 7.98. The van der Waals surface area contributed by atoms with Crippen LogP contribution in [0.1, 0.15) is 32.9 Å². The first kappa shape index (κ1) is 20.5. The molecule has 0 saturated heterocycles. The fraction of sp³-hybridized carbons (Fsp3) is 0.190. The van der Waals surface area contributed by atoms with E-state index < -0.39 is 10.9 Å². The minimum atomic E-state index is -0.527. The molecule has 0 unspecified atom stereocenters. The van der Waals surface area contributed by atoms with Gasteiger partial charge in [0, 0.05) is 23.2 Å². The van der Waals surface area contributed by atoms with Crippen LogP contribution in [0.5, 0.6) is 0 Å². The Morgan fingerprint density at radius 1 is 1.03 bits per heavy atom. The standard InChI is InChI=1S/C21H19N3O4S/c1-14-11-15(2)23-21(22-14)29-13-17-8-3-5-9-18(17)20(25)28-12-16-7-4-6-10-19(16)24(26)27/h3-11H,12-13H2,1-2H3. The zero-order valence-electron chi connectivity index (χ0n) is 16.0. The number of aromatic nitrogens is 2. The van der Waals surface area contributed by atoms with Crippen molar-refractivity contribution in [3.63, 3.8) is 0 Å². The van der Waals surface area contributed by atoms with Crippen LogP contribution in [0, 0.1) is 24.0 Å². The number of carbonyl (C=O) groups excluding carboxylic acids is 1. The van der Waals surface area contributed by atoms with Crippen molar-refractivity contribution in [1.82, 2.24) is 9.97 Å². The first-order valence-corrected chi connectivity index (χ1v) is 9.85. The maximum atomic E-state index is 12.6. The molecule has 0 bridgehead atoms. The van der Waals surface area contributed by atoms with E-state index in [4.69, 9.17) is 4.74 Å². The summed E-state index contributed by atoms with van der Waals surface area (Å²) in [6, 6.07) is 15.2. The van der Waals surface area contributed by atoms with Crippen molar-refractivity contribution in [1.29, 1.82) is 0 Å². The summed E-state index contributed by atoms with van der Waals surface area (Å²) in [5.41, 5.74) is 3.25. The Morgan fingerprint density at radius 3 is 2.34 bits per heavy atom. The zero-order chi connectivity index (χ0) is 20.8. The van der Waals surface area contributed by atoms with Gasteiger partial charge in [-0.15, -0.1) is 0 Å². The Balaban J connectivity index is 1.71. The van der Waals surface area contributed by atoms with Gasteiger partial charge in [0.15, 0.2) is 5.16 Å². The number of hydrogen-bond acceptors (Lipinski definition) is 7. The average molecular weight is 409 g/mol. The molecule has 0 saturated carbocycles. The number of hydrogen-bond donors (Lipinski definition) is 0. The first-order valence-electron chi connectivity index (χ1n) is 8.86. The fourth-order valence-electron chi connectivity index (χ4n) is 2.78. The lowest BCUT2D eigenvalue weighted by Gasteiger charge is -2.10. The molecule has 0 atom stereocenters. The van der Waals surface area contributed by atoms with Crippen LogP contribution in [0.4, 0.5) is 5.69 Å². The molecule has 0 spiro atoms. The third-order valence-corrected chi connectivity index (χ3v) is 5.00. The van der Waals surface area contributed by atoms with Crippen LogP contribution in [-0.4, -0.2) is 20.9 Å². The molecular formula is C21H19N3O4S. The van der Waals surface area contributed by atoms with Crippen molar-refractivity contribution < 1.29 is 14.5 Å². The van der Waals surface area contributed by atoms with E-state index in [-0.39, 0.29) is 12.3 Å². The van der Waals surface area contributed by atoms with Crippen LogP contribution >= 0.6 is 11.8 Å². The van der Waals surface area contributed by atoms with Crippen LogP contribution in [0.3, 0.4) is 0 Å². The summed E-state index contributed by atoms with van der Waals surface area (Å²) < 4.78 is 5.35. The number of ether oxygens (including phenoxy) is 1. The third kappa shape index (κ3) is 5.39. The number of aryl methyl sites for hydroxylation is 2. The van der Waals surface area contributed by atoms with E-state index in [1.165, 1.54) is 17.8 Å². The lowest BCUT2D eigenvalue weighted by Crippen LogP contribution is -2.09. The van der Waals surface area contributed by atoms with Gasteiger partial charge in [0.2, 0.25) is 0 Å². The minimum Gasteiger partial charge on any atom is -0.457 e. The van der Waals surface area contributed by atoms with Crippen LogP contribution in [-0.2, 0) is 17.1 Å². The number of para-hydroxylation sites is 1. The van der Waals surface area contributed by atoms with Gasteiger partial charge in [-0.1, -0.05) is 42.1 Å². The smallest absolute Gasteiger partial charge is 0.338 e. The summed E-state index contributed by atoms with van der Waals surface area (Å²) in [4.78, 5) is 32.0. The SMILES string of the molecule is Cc1cc(C)nc(SCc2ccccc2C(=O)OCc2ccccc2[N+](=O)[O-])n1. The molecule has 8 heteroatoms. The lowest BCUT2D eigenvalue weighted by molar-refractivity contribution is -0.385. The van der Waals surface area contributed by atoms with E-state index in [2.05, 4.69) is 9.97 Å². The highest BCUT2D eigenvalue weighted by Gasteiger charge is 2.17. The molecule has 0 aliphatic rings. The molecule has 1 heterocycles. The second kappa shape index (κ2) is 9.29. The van der Waals surface area contributed by atoms with Crippen LogP contribution in [0.2, 0.25) is 0 Å². The average Bonchev–Trinajstić information content (AvgIpc) is 2.70. The fourth-order valence-corrected chi connectivity index (χ4v) is 3.73. The Kier molecular flexibility index (Phi) is 6.56. The molecule has 29 heavy (non-hydrogen) atoms. The van der Waals surface area contributed by atoms with Gasteiger partial charge in [0.25, 0.3) is 5.69 Å². The van der Waals surface area contributed by atoms with Gasteiger partial charge in [0.05, 0.1) is 16.1 Å². The molecule has 0 N–H and O–H groups in total. The Labute approximate surface area is 172 Å². The molecule has 0 aliphatic carbocycles. The molecular weight excluding hydrogens is 390 g/mol. The largest absolute Gasteiger partial charge is 0.457 e. The predicted octanol–water partition coefficient (Wildman–Crippen LogP) is 4.65. The number of nitro groups is 1. The summed E-state index contributed by atoms with van der Waals surface area (Å²) in [7, 11) is 0. The molecule has 2 aromatic carbocycles. The first-order chi connectivity index (χ1) is 13.9. The topological polar surface area (TPSA) is 95.2 Å². The Bertz CT molecular complexity index is 1040. The van der Waals surface area contributed by atoms with Gasteiger partial charge >= 0.3 is 5.97 Å². The molecule has 0 fully saturated rings. The lowest BCUT2D eigenvalue weighted by atomic mass is 10.1. The highest BCUT2D eigenvalue weighted by Crippen LogP contribution is 2.24. The van der Waals surface area contributed by atoms with Crippen LogP contribution in [0.15, 0.2) is 59.8 Å². The number of esters is 1. The number of thioether (sulfide) groups is 1. The molecule has 3 aromatic rings. The molecule has 3 rings (SSSR count). The third-order valence-electron chi connectivity index (χ3n) is 4.10. The number of benzene rings is 2. The van der Waals surface area contributed by atoms with Crippen molar-refractivity contribution in [3.8, 4) is 0 Å². The van der Waals surface area contributed by atoms with E-state index in [1.807, 2.05) is 32.0 Å². The van der Waals surface area contributed by atoms with Crippen LogP contribution in [0.25, 0.3) is 0 Å². The second-order valence-electron chi connectivity index (χ2n) is 6.34. The van der Waals surface area contributed by atoms with Crippen molar-refractivity contribution in [2.45, 2.75) is 31.4 Å². The van der Waals surface area contributed by atoms with E-state index >= 15 is 0 Å². The summed E-state index contributed by atoms with van der Waals surface area (Å²) in [5, 5.41) is 11.8. The Hall–Kier alpha value is -3.26. The number of nitrogens with zero attached hydrogens (tertiary/aromatic N) is 3. The summed E-state index contributed by atoms with van der Waals surface area (Å²) >= 11 is 1.43. The zero-order valence-corrected chi connectivity index (χ0v) is 16.8. The minimum absolute atomic E-state index is 0.0730. The number of rotatable bonds is 7. The molecule has 0 aliphatic heterocycles. The molecule has 1 aromatic heterocycles. The number of nitro benzene ring substituents is 1. The van der Waals surface area contributed by atoms with E-state index in [0.29, 0.717) is 22.0 Å². The van der Waals surface area contributed by atoms with Crippen LogP contribution < -0.4 is 0 Å². The highest BCUT2D eigenvalue weighted by atomic mass is 32.2. The second-order valence-corrected chi connectivity index (χ2v) is 7.28. The molecule has 7 nitrogen and oxygen atoms in total. The van der Waals surface area contributed by atoms with Crippen molar-refractivity contribution in [3.05, 3.63) is 92.8 Å². The Morgan fingerprint density at radius 2 is 1.66 bits per heavy atom. The van der Waals surface area contributed by atoms with Crippen molar-refractivity contribution in [2.24, 2.45) is 0 Å². The monoisotopic (exact) mass is 409 g/mol. The van der Waals surface area contributed by atoms with Gasteiger partial charge in [-0.2, -0.15) is 0 Å². The van der Waals surface area contributed by atoms with E-state index in [0.717, 1.165) is 17.0 Å². The molecule has 0 radical (unpaired) electrons. The summed E-state index contributed by atoms with van der Waals surface area (Å²) in [6.07, 6.45) is 0. The van der Waals surface area contributed by atoms with Crippen molar-refractivity contribution in [2.75, 3.05) is 0 Å². The quantitative estimate of drug-likeness (QED) is 0.184. The molecule has 0 amide bonds. The van der Waals surface area contributed by atoms with Gasteiger partial charge in [-0.05, 0) is 37.6 Å².